The predicted octanol–water partition coefficient (Wildman–Crippen LogP) is 2.42. The number of hydrogen-bond donors (Lipinski definition) is 2. The van der Waals surface area contributed by atoms with E-state index in [-0.39, 0.29) is 34.9 Å². The molecule has 3 saturated carbocycles. The number of carbonyl (C=O) groups excluding carboxylic acids is 2. The van der Waals surface area contributed by atoms with Crippen molar-refractivity contribution in [2.75, 3.05) is 7.11 Å². The van der Waals surface area contributed by atoms with Crippen molar-refractivity contribution in [3.8, 4) is 0 Å². The minimum Gasteiger partial charge on any atom is -0.467 e. The Bertz CT molecular complexity index is 754. The van der Waals surface area contributed by atoms with E-state index in [0.717, 1.165) is 18.4 Å². The van der Waals surface area contributed by atoms with Crippen molar-refractivity contribution in [1.82, 2.24) is 0 Å². The molecule has 3 fully saturated rings. The van der Waals surface area contributed by atoms with Gasteiger partial charge in [0.1, 0.15) is 0 Å². The molecule has 5 nitrogen and oxygen atoms in total. The zero-order valence-corrected chi connectivity index (χ0v) is 16.6. The van der Waals surface area contributed by atoms with Crippen LogP contribution in [0.15, 0.2) is 23.8 Å². The Hall–Kier alpha value is -1.46. The number of methoxy groups -OCH3 is 1. The zero-order chi connectivity index (χ0) is 19.8. The minimum atomic E-state index is -1.54. The van der Waals surface area contributed by atoms with Gasteiger partial charge in [0.25, 0.3) is 0 Å². The van der Waals surface area contributed by atoms with Crippen LogP contribution >= 0.6 is 0 Å². The molecule has 0 amide bonds. The molecule has 0 radical (unpaired) electrons. The maximum absolute atomic E-state index is 12.4. The summed E-state index contributed by atoms with van der Waals surface area (Å²) in [5.41, 5.74) is -1.49. The molecule has 0 aromatic rings. The highest BCUT2D eigenvalue weighted by atomic mass is 16.5. The second-order valence-corrected chi connectivity index (χ2v) is 9.63. The summed E-state index contributed by atoms with van der Waals surface area (Å²) in [6.07, 6.45) is 7.05. The van der Waals surface area contributed by atoms with E-state index >= 15 is 0 Å². The van der Waals surface area contributed by atoms with E-state index in [1.54, 1.807) is 12.2 Å². The van der Waals surface area contributed by atoms with Crippen LogP contribution in [0, 0.1) is 34.5 Å². The first-order valence-corrected chi connectivity index (χ1v) is 10.0. The fourth-order valence-electron chi connectivity index (χ4n) is 7.26. The third-order valence-corrected chi connectivity index (χ3v) is 8.49. The summed E-state index contributed by atoms with van der Waals surface area (Å²) in [5, 5.41) is 22.5. The number of rotatable bonds is 1. The maximum Gasteiger partial charge on any atom is 0.338 e. The lowest BCUT2D eigenvalue weighted by Crippen LogP contribution is -2.62. The summed E-state index contributed by atoms with van der Waals surface area (Å²) >= 11 is 0. The second kappa shape index (κ2) is 5.77. The van der Waals surface area contributed by atoms with Crippen LogP contribution in [0.25, 0.3) is 0 Å². The summed E-state index contributed by atoms with van der Waals surface area (Å²) in [7, 11) is 1.31. The Balaban J connectivity index is 1.78. The number of aliphatic hydroxyl groups excluding tert-OH is 1. The molecular weight excluding hydrogens is 344 g/mol. The molecule has 4 aliphatic carbocycles. The van der Waals surface area contributed by atoms with E-state index in [1.165, 1.54) is 7.11 Å². The first kappa shape index (κ1) is 18.9. The number of hydrogen-bond acceptors (Lipinski definition) is 5. The summed E-state index contributed by atoms with van der Waals surface area (Å²) in [5.74, 6) is -0.0241. The number of esters is 1. The molecule has 0 spiro atoms. The van der Waals surface area contributed by atoms with Crippen molar-refractivity contribution < 1.29 is 24.5 Å². The Morgan fingerprint density at radius 3 is 2.70 bits per heavy atom. The van der Waals surface area contributed by atoms with Gasteiger partial charge in [-0.25, -0.2) is 4.79 Å². The zero-order valence-electron chi connectivity index (χ0n) is 16.6. The van der Waals surface area contributed by atoms with Crippen molar-refractivity contribution in [1.29, 1.82) is 0 Å². The van der Waals surface area contributed by atoms with Crippen molar-refractivity contribution in [2.45, 2.75) is 58.2 Å². The average molecular weight is 374 g/mol. The standard InChI is InChI=1S/C22H30O5/c1-12-9-14-15-6-8-22(26,19(25)27-4)21(15,3)11-17(24)18(14)20(2)7-5-13(23)10-16(12)20/h5,7,10,12,14-15,17-18,24,26H,6,8-9,11H2,1-4H3/t12-,14-,15-,17-,18+,20-,21-,22-/m0/s1. The third kappa shape index (κ3) is 2.24. The lowest BCUT2D eigenvalue weighted by molar-refractivity contribution is -0.195. The van der Waals surface area contributed by atoms with Crippen LogP contribution < -0.4 is 0 Å². The maximum atomic E-state index is 12.4. The van der Waals surface area contributed by atoms with Gasteiger partial charge >= 0.3 is 5.97 Å². The quantitative estimate of drug-likeness (QED) is 0.689. The topological polar surface area (TPSA) is 83.8 Å². The summed E-state index contributed by atoms with van der Waals surface area (Å²) in [4.78, 5) is 24.4. The Labute approximate surface area is 160 Å². The van der Waals surface area contributed by atoms with E-state index < -0.39 is 23.1 Å². The molecule has 0 unspecified atom stereocenters. The van der Waals surface area contributed by atoms with E-state index in [4.69, 9.17) is 4.74 Å². The highest BCUT2D eigenvalue weighted by Gasteiger charge is 2.69. The molecule has 0 aromatic carbocycles. The third-order valence-electron chi connectivity index (χ3n) is 8.49. The summed E-state index contributed by atoms with van der Waals surface area (Å²) < 4.78 is 4.93. The van der Waals surface area contributed by atoms with E-state index in [9.17, 15) is 19.8 Å². The average Bonchev–Trinajstić information content (AvgIpc) is 2.87. The van der Waals surface area contributed by atoms with Crippen molar-refractivity contribution in [2.24, 2.45) is 34.5 Å². The van der Waals surface area contributed by atoms with Crippen molar-refractivity contribution in [3.05, 3.63) is 23.8 Å². The monoisotopic (exact) mass is 374 g/mol. The molecule has 27 heavy (non-hydrogen) atoms. The largest absolute Gasteiger partial charge is 0.467 e. The molecule has 2 N–H and O–H groups in total. The van der Waals surface area contributed by atoms with Crippen LogP contribution in [-0.4, -0.2) is 40.8 Å². The molecule has 148 valence electrons. The number of ether oxygens (including phenoxy) is 1. The smallest absolute Gasteiger partial charge is 0.338 e. The van der Waals surface area contributed by atoms with Gasteiger partial charge in [-0.3, -0.25) is 4.79 Å². The number of carbonyl (C=O) groups is 2. The minimum absolute atomic E-state index is 0.0117. The van der Waals surface area contributed by atoms with Gasteiger partial charge < -0.3 is 14.9 Å². The summed E-state index contributed by atoms with van der Waals surface area (Å²) in [6, 6.07) is 0. The molecule has 0 aliphatic heterocycles. The first-order valence-electron chi connectivity index (χ1n) is 10.0. The number of allylic oxidation sites excluding steroid dienone is 4. The van der Waals surface area contributed by atoms with Crippen LogP contribution in [0.2, 0.25) is 0 Å². The second-order valence-electron chi connectivity index (χ2n) is 9.63. The lowest BCUT2D eigenvalue weighted by Gasteiger charge is -2.60. The van der Waals surface area contributed by atoms with Crippen molar-refractivity contribution in [3.63, 3.8) is 0 Å². The molecule has 0 heterocycles. The molecular formula is C22H30O5. The Morgan fingerprint density at radius 1 is 1.33 bits per heavy atom. The van der Waals surface area contributed by atoms with Gasteiger partial charge in [0, 0.05) is 16.7 Å². The van der Waals surface area contributed by atoms with Gasteiger partial charge in [0.2, 0.25) is 0 Å². The van der Waals surface area contributed by atoms with Gasteiger partial charge in [0.15, 0.2) is 11.4 Å². The summed E-state index contributed by atoms with van der Waals surface area (Å²) in [6.45, 7) is 6.22. The normalized spacial score (nSPS) is 51.1. The van der Waals surface area contributed by atoms with Crippen LogP contribution in [0.4, 0.5) is 0 Å². The highest BCUT2D eigenvalue weighted by molar-refractivity contribution is 6.01. The van der Waals surface area contributed by atoms with Crippen LogP contribution in [0.1, 0.15) is 46.5 Å². The predicted molar refractivity (Wildman–Crippen MR) is 99.5 cm³/mol. The Kier molecular flexibility index (Phi) is 4.04. The molecule has 4 aliphatic rings. The molecule has 0 aromatic heterocycles. The van der Waals surface area contributed by atoms with Gasteiger partial charge in [-0.1, -0.05) is 32.4 Å². The first-order chi connectivity index (χ1) is 12.6. The van der Waals surface area contributed by atoms with Crippen LogP contribution in [0.5, 0.6) is 0 Å². The fourth-order valence-corrected chi connectivity index (χ4v) is 7.26. The van der Waals surface area contributed by atoms with Gasteiger partial charge in [-0.15, -0.1) is 0 Å². The van der Waals surface area contributed by atoms with Crippen LogP contribution in [0.3, 0.4) is 0 Å². The molecule has 8 atom stereocenters. The highest BCUT2D eigenvalue weighted by Crippen LogP contribution is 2.67. The van der Waals surface area contributed by atoms with Crippen LogP contribution in [-0.2, 0) is 14.3 Å². The number of aliphatic hydroxyl groups is 2. The van der Waals surface area contributed by atoms with Gasteiger partial charge in [-0.2, -0.15) is 0 Å². The van der Waals surface area contributed by atoms with E-state index in [2.05, 4.69) is 13.8 Å². The van der Waals surface area contributed by atoms with Gasteiger partial charge in [-0.05, 0) is 55.6 Å². The molecule has 0 bridgehead atoms. The van der Waals surface area contributed by atoms with E-state index in [0.29, 0.717) is 12.8 Å². The van der Waals surface area contributed by atoms with Crippen molar-refractivity contribution >= 4 is 11.8 Å². The van der Waals surface area contributed by atoms with E-state index in [1.807, 2.05) is 13.0 Å². The lowest BCUT2D eigenvalue weighted by atomic mass is 9.45. The molecule has 0 saturated heterocycles. The Morgan fingerprint density at radius 2 is 2.04 bits per heavy atom. The fraction of sp³-hybridized carbons (Fsp3) is 0.727. The molecule has 4 rings (SSSR count). The van der Waals surface area contributed by atoms with Gasteiger partial charge in [0.05, 0.1) is 13.2 Å². The number of fused-ring (bicyclic) bond motifs is 5. The number of ketones is 1. The molecule has 5 heteroatoms. The SMILES string of the molecule is COC(=O)[C@@]1(O)CC[C@H]2[C@@H]3C[C@H](C)C4=CC(=O)C=C[C@]4(C)[C@H]3[C@@H](O)C[C@@]21C.